The van der Waals surface area contributed by atoms with Gasteiger partial charge in [0.05, 0.1) is 6.61 Å². The van der Waals surface area contributed by atoms with Gasteiger partial charge in [-0.3, -0.25) is 0 Å². The fraction of sp³-hybridized carbons (Fsp3) is 0.586. The molecule has 1 aliphatic heterocycles. The number of halogens is 1. The molecule has 2 fully saturated rings. The zero-order chi connectivity index (χ0) is 22.2. The number of rotatable bonds is 9. The molecule has 0 radical (unpaired) electrons. The van der Waals surface area contributed by atoms with Crippen molar-refractivity contribution < 1.29 is 9.13 Å². The van der Waals surface area contributed by atoms with Gasteiger partial charge in [-0.2, -0.15) is 0 Å². The van der Waals surface area contributed by atoms with E-state index >= 15 is 0 Å². The molecule has 0 aromatic heterocycles. The summed E-state index contributed by atoms with van der Waals surface area (Å²) in [4.78, 5) is 2.62. The van der Waals surface area contributed by atoms with Gasteiger partial charge in [0.15, 0.2) is 0 Å². The first kappa shape index (κ1) is 23.3. The van der Waals surface area contributed by atoms with Crippen molar-refractivity contribution in [1.29, 1.82) is 0 Å². The molecule has 2 nitrogen and oxygen atoms in total. The van der Waals surface area contributed by atoms with Gasteiger partial charge in [-0.25, -0.2) is 4.39 Å². The third kappa shape index (κ3) is 6.13. The van der Waals surface area contributed by atoms with Crippen molar-refractivity contribution in [3.63, 3.8) is 0 Å². The maximum atomic E-state index is 13.5. The van der Waals surface area contributed by atoms with Crippen molar-refractivity contribution in [3.8, 4) is 5.75 Å². The highest BCUT2D eigenvalue weighted by atomic mass is 19.1. The highest BCUT2D eigenvalue weighted by molar-refractivity contribution is 5.36. The molecule has 2 aliphatic rings. The van der Waals surface area contributed by atoms with E-state index in [0.29, 0.717) is 17.8 Å². The number of hydrogen-bond donors (Lipinski definition) is 0. The molecule has 1 saturated carbocycles. The smallest absolute Gasteiger partial charge is 0.123 e. The number of para-hydroxylation sites is 1. The number of piperidine rings is 1. The van der Waals surface area contributed by atoms with Crippen LogP contribution in [0, 0.1) is 11.7 Å². The monoisotopic (exact) mass is 437 g/mol. The van der Waals surface area contributed by atoms with Crippen molar-refractivity contribution >= 4 is 0 Å². The van der Waals surface area contributed by atoms with Crippen molar-refractivity contribution in [3.05, 3.63) is 65.5 Å². The number of benzene rings is 2. The lowest BCUT2D eigenvalue weighted by Gasteiger charge is -2.39. The van der Waals surface area contributed by atoms with Crippen molar-refractivity contribution in [2.24, 2.45) is 5.92 Å². The molecule has 4 rings (SSSR count). The Balaban J connectivity index is 1.46. The van der Waals surface area contributed by atoms with Crippen LogP contribution in [0.5, 0.6) is 5.75 Å². The molecular formula is C29H40FNO. The maximum absolute atomic E-state index is 13.5. The molecule has 0 N–H and O–H groups in total. The van der Waals surface area contributed by atoms with Crippen LogP contribution >= 0.6 is 0 Å². The van der Waals surface area contributed by atoms with Crippen LogP contribution in [0.3, 0.4) is 0 Å². The molecule has 1 heterocycles. The third-order valence-corrected chi connectivity index (χ3v) is 7.61. The summed E-state index contributed by atoms with van der Waals surface area (Å²) in [5, 5.41) is 0. The molecule has 0 spiro atoms. The van der Waals surface area contributed by atoms with E-state index in [1.54, 1.807) is 12.1 Å². The molecule has 32 heavy (non-hydrogen) atoms. The van der Waals surface area contributed by atoms with Gasteiger partial charge in [0.1, 0.15) is 11.6 Å². The summed E-state index contributed by atoms with van der Waals surface area (Å²) in [6.07, 6.45) is 11.6. The zero-order valence-corrected chi connectivity index (χ0v) is 19.8. The van der Waals surface area contributed by atoms with Gasteiger partial charge in [0.25, 0.3) is 0 Å². The second-order valence-corrected chi connectivity index (χ2v) is 9.90. The van der Waals surface area contributed by atoms with Crippen molar-refractivity contribution in [2.75, 3.05) is 26.2 Å². The quantitative estimate of drug-likeness (QED) is 0.376. The lowest BCUT2D eigenvalue weighted by molar-refractivity contribution is 0.109. The Morgan fingerprint density at radius 3 is 2.50 bits per heavy atom. The van der Waals surface area contributed by atoms with Gasteiger partial charge < -0.3 is 9.64 Å². The van der Waals surface area contributed by atoms with E-state index in [1.165, 1.54) is 69.0 Å². The highest BCUT2D eigenvalue weighted by Gasteiger charge is 2.31. The van der Waals surface area contributed by atoms with E-state index in [9.17, 15) is 4.39 Å². The lowest BCUT2D eigenvalue weighted by Crippen LogP contribution is -2.42. The average Bonchev–Trinajstić information content (AvgIpc) is 2.84. The van der Waals surface area contributed by atoms with Gasteiger partial charge in [0, 0.05) is 12.5 Å². The van der Waals surface area contributed by atoms with Crippen LogP contribution < -0.4 is 4.74 Å². The Morgan fingerprint density at radius 1 is 0.938 bits per heavy atom. The largest absolute Gasteiger partial charge is 0.493 e. The summed E-state index contributed by atoms with van der Waals surface area (Å²) >= 11 is 0. The molecule has 2 aromatic carbocycles. The number of nitrogens with zero attached hydrogens (tertiary/aromatic N) is 1. The molecule has 0 bridgehead atoms. The standard InChI is InChI=1S/C29H40FNO/c1-2-3-9-19-31-20-18-27(24-14-16-26(30)17-15-24)25(21-31)22-32-29-13-8-7-12-28(29)23-10-5-4-6-11-23/h7-8,12-17,23,25,27H,2-6,9-11,18-22H2,1H3. The fourth-order valence-corrected chi connectivity index (χ4v) is 5.77. The molecule has 2 aromatic rings. The summed E-state index contributed by atoms with van der Waals surface area (Å²) in [7, 11) is 0. The van der Waals surface area contributed by atoms with Gasteiger partial charge in [-0.1, -0.05) is 69.4 Å². The molecule has 174 valence electrons. The van der Waals surface area contributed by atoms with Gasteiger partial charge in [-0.05, 0) is 79.9 Å². The molecule has 3 heteroatoms. The minimum atomic E-state index is -0.153. The van der Waals surface area contributed by atoms with E-state index in [0.717, 1.165) is 31.9 Å². The number of unbranched alkanes of at least 4 members (excludes halogenated alkanes) is 2. The molecule has 2 atom stereocenters. The summed E-state index contributed by atoms with van der Waals surface area (Å²) < 4.78 is 20.1. The third-order valence-electron chi connectivity index (χ3n) is 7.61. The van der Waals surface area contributed by atoms with E-state index in [4.69, 9.17) is 4.74 Å². The first-order valence-corrected chi connectivity index (χ1v) is 12.9. The van der Waals surface area contributed by atoms with E-state index in [1.807, 2.05) is 12.1 Å². The van der Waals surface area contributed by atoms with Crippen LogP contribution in [0.15, 0.2) is 48.5 Å². The summed E-state index contributed by atoms with van der Waals surface area (Å²) in [5.41, 5.74) is 2.66. The summed E-state index contributed by atoms with van der Waals surface area (Å²) in [5.74, 6) is 2.43. The van der Waals surface area contributed by atoms with Crippen LogP contribution in [0.25, 0.3) is 0 Å². The lowest BCUT2D eigenvalue weighted by atomic mass is 9.80. The Labute approximate surface area is 194 Å². The van der Waals surface area contributed by atoms with E-state index in [2.05, 4.69) is 36.1 Å². The Bertz CT molecular complexity index is 814. The Morgan fingerprint density at radius 2 is 1.72 bits per heavy atom. The van der Waals surface area contributed by atoms with Gasteiger partial charge >= 0.3 is 0 Å². The Hall–Kier alpha value is -1.87. The molecular weight excluding hydrogens is 397 g/mol. The van der Waals surface area contributed by atoms with Crippen LogP contribution in [-0.4, -0.2) is 31.1 Å². The van der Waals surface area contributed by atoms with E-state index in [-0.39, 0.29) is 5.82 Å². The summed E-state index contributed by atoms with van der Waals surface area (Å²) in [6, 6.07) is 15.9. The average molecular weight is 438 g/mol. The second-order valence-electron chi connectivity index (χ2n) is 9.90. The van der Waals surface area contributed by atoms with Crippen LogP contribution in [-0.2, 0) is 0 Å². The van der Waals surface area contributed by atoms with Crippen LogP contribution in [0.4, 0.5) is 4.39 Å². The van der Waals surface area contributed by atoms with Crippen molar-refractivity contribution in [2.45, 2.75) is 76.5 Å². The summed E-state index contributed by atoms with van der Waals surface area (Å²) in [6.45, 7) is 6.37. The molecule has 1 saturated heterocycles. The van der Waals surface area contributed by atoms with Crippen LogP contribution in [0.2, 0.25) is 0 Å². The number of ether oxygens (including phenoxy) is 1. The normalized spacial score (nSPS) is 22.7. The topological polar surface area (TPSA) is 12.5 Å². The molecule has 0 amide bonds. The first-order valence-electron chi connectivity index (χ1n) is 12.9. The predicted octanol–water partition coefficient (Wildman–Crippen LogP) is 7.55. The van der Waals surface area contributed by atoms with Crippen LogP contribution in [0.1, 0.15) is 87.7 Å². The van der Waals surface area contributed by atoms with E-state index < -0.39 is 0 Å². The Kier molecular flexibility index (Phi) is 8.62. The molecule has 1 aliphatic carbocycles. The van der Waals surface area contributed by atoms with Gasteiger partial charge in [0.2, 0.25) is 0 Å². The minimum absolute atomic E-state index is 0.153. The number of hydrogen-bond acceptors (Lipinski definition) is 2. The second kappa shape index (κ2) is 11.8. The SMILES string of the molecule is CCCCCN1CCC(c2ccc(F)cc2)C(COc2ccccc2C2CCCCC2)C1. The first-order chi connectivity index (χ1) is 15.7. The zero-order valence-electron chi connectivity index (χ0n) is 19.8. The number of likely N-dealkylation sites (tertiary alicyclic amines) is 1. The maximum Gasteiger partial charge on any atom is 0.123 e. The fourth-order valence-electron chi connectivity index (χ4n) is 5.77. The van der Waals surface area contributed by atoms with Gasteiger partial charge in [-0.15, -0.1) is 0 Å². The highest BCUT2D eigenvalue weighted by Crippen LogP contribution is 2.39. The van der Waals surface area contributed by atoms with Crippen molar-refractivity contribution in [1.82, 2.24) is 4.90 Å². The molecule has 2 unspecified atom stereocenters. The minimum Gasteiger partial charge on any atom is -0.493 e. The predicted molar refractivity (Wildman–Crippen MR) is 131 cm³/mol.